The standard InChI is InChI=1S/C11H8BrNOS/c12-8-1-2-10(13)9(5-8)11(14)7-3-4-15-6-7/h1-6H,13H2. The van der Waals surface area contributed by atoms with Gasteiger partial charge in [0.1, 0.15) is 0 Å². The molecule has 0 aliphatic rings. The van der Waals surface area contributed by atoms with Crippen LogP contribution in [0, 0.1) is 0 Å². The summed E-state index contributed by atoms with van der Waals surface area (Å²) in [6.45, 7) is 0. The minimum Gasteiger partial charge on any atom is -0.398 e. The van der Waals surface area contributed by atoms with Crippen LogP contribution in [0.25, 0.3) is 0 Å². The maximum atomic E-state index is 12.0. The number of halogens is 1. The molecule has 2 nitrogen and oxygen atoms in total. The van der Waals surface area contributed by atoms with Crippen molar-refractivity contribution in [3.63, 3.8) is 0 Å². The zero-order chi connectivity index (χ0) is 10.8. The Morgan fingerprint density at radius 3 is 2.80 bits per heavy atom. The van der Waals surface area contributed by atoms with Gasteiger partial charge in [0.25, 0.3) is 0 Å². The molecule has 0 spiro atoms. The van der Waals surface area contributed by atoms with Gasteiger partial charge in [-0.05, 0) is 29.6 Å². The molecule has 1 heterocycles. The molecule has 0 bridgehead atoms. The van der Waals surface area contributed by atoms with Crippen molar-refractivity contribution >= 4 is 38.7 Å². The van der Waals surface area contributed by atoms with Gasteiger partial charge < -0.3 is 5.73 Å². The van der Waals surface area contributed by atoms with E-state index in [9.17, 15) is 4.79 Å². The Bertz CT molecular complexity index is 493. The summed E-state index contributed by atoms with van der Waals surface area (Å²) in [5, 5.41) is 3.70. The van der Waals surface area contributed by atoms with Crippen LogP contribution in [0.5, 0.6) is 0 Å². The molecule has 0 amide bonds. The Morgan fingerprint density at radius 1 is 1.33 bits per heavy atom. The van der Waals surface area contributed by atoms with Gasteiger partial charge in [0.15, 0.2) is 5.78 Å². The van der Waals surface area contributed by atoms with Crippen LogP contribution in [0.2, 0.25) is 0 Å². The van der Waals surface area contributed by atoms with Crippen LogP contribution in [-0.2, 0) is 0 Å². The predicted molar refractivity (Wildman–Crippen MR) is 66.3 cm³/mol. The fourth-order valence-electron chi connectivity index (χ4n) is 1.27. The number of carbonyl (C=O) groups is 1. The molecule has 0 radical (unpaired) electrons. The van der Waals surface area contributed by atoms with Crippen LogP contribution in [0.3, 0.4) is 0 Å². The van der Waals surface area contributed by atoms with Crippen LogP contribution < -0.4 is 5.73 Å². The summed E-state index contributed by atoms with van der Waals surface area (Å²) in [7, 11) is 0. The number of nitrogens with two attached hydrogens (primary N) is 1. The fraction of sp³-hybridized carbons (Fsp3) is 0. The third-order valence-electron chi connectivity index (χ3n) is 2.04. The van der Waals surface area contributed by atoms with E-state index in [0.717, 1.165) is 4.47 Å². The summed E-state index contributed by atoms with van der Waals surface area (Å²) in [4.78, 5) is 12.0. The first-order chi connectivity index (χ1) is 7.18. The van der Waals surface area contributed by atoms with Crippen molar-refractivity contribution in [2.75, 3.05) is 5.73 Å². The smallest absolute Gasteiger partial charge is 0.195 e. The van der Waals surface area contributed by atoms with Crippen molar-refractivity contribution in [1.82, 2.24) is 0 Å². The summed E-state index contributed by atoms with van der Waals surface area (Å²) in [5.41, 5.74) is 7.50. The molecular weight excluding hydrogens is 274 g/mol. The molecule has 15 heavy (non-hydrogen) atoms. The van der Waals surface area contributed by atoms with Gasteiger partial charge in [0.2, 0.25) is 0 Å². The van der Waals surface area contributed by atoms with Gasteiger partial charge in [-0.3, -0.25) is 4.79 Å². The van der Waals surface area contributed by atoms with Crippen molar-refractivity contribution in [3.05, 3.63) is 50.6 Å². The number of anilines is 1. The van der Waals surface area contributed by atoms with Gasteiger partial charge in [0.05, 0.1) is 0 Å². The van der Waals surface area contributed by atoms with E-state index >= 15 is 0 Å². The number of carbonyl (C=O) groups excluding carboxylic acids is 1. The number of rotatable bonds is 2. The van der Waals surface area contributed by atoms with Crippen molar-refractivity contribution in [1.29, 1.82) is 0 Å². The molecule has 0 unspecified atom stereocenters. The highest BCUT2D eigenvalue weighted by atomic mass is 79.9. The maximum Gasteiger partial charge on any atom is 0.195 e. The molecule has 0 saturated heterocycles. The Balaban J connectivity index is 2.46. The van der Waals surface area contributed by atoms with Crippen molar-refractivity contribution < 1.29 is 4.79 Å². The molecule has 0 aliphatic carbocycles. The summed E-state index contributed by atoms with van der Waals surface area (Å²) < 4.78 is 0.857. The van der Waals surface area contributed by atoms with Crippen LogP contribution in [0.1, 0.15) is 15.9 Å². The van der Waals surface area contributed by atoms with Crippen LogP contribution in [-0.4, -0.2) is 5.78 Å². The molecule has 2 rings (SSSR count). The lowest BCUT2D eigenvalue weighted by molar-refractivity contribution is 0.104. The Morgan fingerprint density at radius 2 is 2.13 bits per heavy atom. The van der Waals surface area contributed by atoms with Gasteiger partial charge in [-0.25, -0.2) is 0 Å². The van der Waals surface area contributed by atoms with Gasteiger partial charge in [-0.1, -0.05) is 15.9 Å². The van der Waals surface area contributed by atoms with Crippen molar-refractivity contribution in [2.24, 2.45) is 0 Å². The Hall–Kier alpha value is -1.13. The van der Waals surface area contributed by atoms with E-state index in [1.54, 1.807) is 18.2 Å². The van der Waals surface area contributed by atoms with Gasteiger partial charge in [-0.15, -0.1) is 0 Å². The number of benzene rings is 1. The lowest BCUT2D eigenvalue weighted by atomic mass is 10.0. The van der Waals surface area contributed by atoms with Crippen molar-refractivity contribution in [2.45, 2.75) is 0 Å². The normalized spacial score (nSPS) is 10.2. The molecule has 0 fully saturated rings. The number of hydrogen-bond donors (Lipinski definition) is 1. The largest absolute Gasteiger partial charge is 0.398 e. The first-order valence-corrected chi connectivity index (χ1v) is 6.04. The Kier molecular flexibility index (Phi) is 2.88. The van der Waals surface area contributed by atoms with E-state index in [0.29, 0.717) is 16.8 Å². The zero-order valence-electron chi connectivity index (χ0n) is 7.74. The summed E-state index contributed by atoms with van der Waals surface area (Å²) >= 11 is 4.82. The predicted octanol–water partition coefficient (Wildman–Crippen LogP) is 3.32. The maximum absolute atomic E-state index is 12.0. The second-order valence-electron chi connectivity index (χ2n) is 3.07. The lowest BCUT2D eigenvalue weighted by Crippen LogP contribution is -2.04. The summed E-state index contributed by atoms with van der Waals surface area (Å²) in [6, 6.07) is 7.09. The third-order valence-corrected chi connectivity index (χ3v) is 3.22. The highest BCUT2D eigenvalue weighted by molar-refractivity contribution is 9.10. The topological polar surface area (TPSA) is 43.1 Å². The van der Waals surface area contributed by atoms with E-state index < -0.39 is 0 Å². The highest BCUT2D eigenvalue weighted by Crippen LogP contribution is 2.22. The van der Waals surface area contributed by atoms with Crippen LogP contribution >= 0.6 is 27.3 Å². The molecule has 2 N–H and O–H groups in total. The first-order valence-electron chi connectivity index (χ1n) is 4.30. The van der Waals surface area contributed by atoms with E-state index in [1.165, 1.54) is 11.3 Å². The Labute approximate surface area is 99.9 Å². The molecule has 1 aromatic heterocycles. The minimum absolute atomic E-state index is 0.0324. The molecule has 76 valence electrons. The van der Waals surface area contributed by atoms with Crippen molar-refractivity contribution in [3.8, 4) is 0 Å². The van der Waals surface area contributed by atoms with E-state index in [-0.39, 0.29) is 5.78 Å². The fourth-order valence-corrected chi connectivity index (χ4v) is 2.27. The quantitative estimate of drug-likeness (QED) is 0.678. The summed E-state index contributed by atoms with van der Waals surface area (Å²) in [5.74, 6) is -0.0324. The van der Waals surface area contributed by atoms with Crippen LogP contribution in [0.15, 0.2) is 39.5 Å². The molecule has 1 aromatic carbocycles. The molecule has 2 aromatic rings. The van der Waals surface area contributed by atoms with Crippen LogP contribution in [0.4, 0.5) is 5.69 Å². The number of thiophene rings is 1. The zero-order valence-corrected chi connectivity index (χ0v) is 10.1. The average molecular weight is 282 g/mol. The lowest BCUT2D eigenvalue weighted by Gasteiger charge is -2.03. The average Bonchev–Trinajstić information content (AvgIpc) is 2.74. The van der Waals surface area contributed by atoms with Gasteiger partial charge >= 0.3 is 0 Å². The number of ketones is 1. The second-order valence-corrected chi connectivity index (χ2v) is 4.77. The summed E-state index contributed by atoms with van der Waals surface area (Å²) in [6.07, 6.45) is 0. The molecule has 4 heteroatoms. The molecular formula is C11H8BrNOS. The minimum atomic E-state index is -0.0324. The SMILES string of the molecule is Nc1ccc(Br)cc1C(=O)c1ccsc1. The highest BCUT2D eigenvalue weighted by Gasteiger charge is 2.12. The number of hydrogen-bond acceptors (Lipinski definition) is 3. The molecule has 0 saturated carbocycles. The van der Waals surface area contributed by atoms with E-state index in [4.69, 9.17) is 5.73 Å². The monoisotopic (exact) mass is 281 g/mol. The first kappa shape index (κ1) is 10.4. The number of nitrogen functional groups attached to an aromatic ring is 1. The second kappa shape index (κ2) is 4.16. The third kappa shape index (κ3) is 2.11. The van der Waals surface area contributed by atoms with E-state index in [1.807, 2.05) is 16.8 Å². The van der Waals surface area contributed by atoms with Gasteiger partial charge in [0, 0.05) is 26.7 Å². The molecule has 0 atom stereocenters. The van der Waals surface area contributed by atoms with E-state index in [2.05, 4.69) is 15.9 Å². The molecule has 0 aliphatic heterocycles. The van der Waals surface area contributed by atoms with Gasteiger partial charge in [-0.2, -0.15) is 11.3 Å².